The Bertz CT molecular complexity index is 1540. The maximum absolute atomic E-state index is 12.5. The number of carbonyl (C=O) groups excluding carboxylic acids is 1. The van der Waals surface area contributed by atoms with Crippen molar-refractivity contribution >= 4 is 33.0 Å². The Balaban J connectivity index is 1.38. The van der Waals surface area contributed by atoms with Gasteiger partial charge in [-0.25, -0.2) is 13.7 Å². The summed E-state index contributed by atoms with van der Waals surface area (Å²) >= 11 is 0.944. The zero-order valence-electron chi connectivity index (χ0n) is 22.3. The van der Waals surface area contributed by atoms with Gasteiger partial charge in [0.25, 0.3) is 5.56 Å². The number of carbonyl (C=O) groups is 1. The summed E-state index contributed by atoms with van der Waals surface area (Å²) in [5.74, 6) is 0. The van der Waals surface area contributed by atoms with E-state index < -0.39 is 108 Å². The second-order valence-corrected chi connectivity index (χ2v) is 14.6. The molecule has 0 saturated carbocycles. The summed E-state index contributed by atoms with van der Waals surface area (Å²) in [6, 6.07) is 2.89. The Morgan fingerprint density at radius 2 is 1.61 bits per heavy atom. The van der Waals surface area contributed by atoms with Gasteiger partial charge in [-0.15, -0.1) is 11.3 Å². The van der Waals surface area contributed by atoms with Gasteiger partial charge < -0.3 is 49.9 Å². The number of aldehydes is 1. The van der Waals surface area contributed by atoms with Crippen LogP contribution in [0.3, 0.4) is 0 Å². The van der Waals surface area contributed by atoms with Gasteiger partial charge in [0.1, 0.15) is 42.7 Å². The quantitative estimate of drug-likeness (QED) is 0.0806. The number of aromatic amines is 1. The molecule has 0 aromatic carbocycles. The third-order valence-electron chi connectivity index (χ3n) is 6.91. The fourth-order valence-electron chi connectivity index (χ4n) is 4.61. The number of thiophene rings is 1. The Kier molecular flexibility index (Phi) is 10.9. The monoisotopic (exact) mass is 688 g/mol. The molecule has 44 heavy (non-hydrogen) atoms. The average Bonchev–Trinajstić information content (AvgIpc) is 3.54. The first kappa shape index (κ1) is 34.9. The molecule has 19 nitrogen and oxygen atoms in total. The van der Waals surface area contributed by atoms with E-state index in [2.05, 4.69) is 8.83 Å². The van der Waals surface area contributed by atoms with Crippen molar-refractivity contribution in [3.63, 3.8) is 0 Å². The predicted octanol–water partition coefficient (Wildman–Crippen LogP) is -2.75. The Labute approximate surface area is 250 Å². The molecule has 2 fully saturated rings. The summed E-state index contributed by atoms with van der Waals surface area (Å²) < 4.78 is 45.4. The molecule has 0 spiro atoms. The lowest BCUT2D eigenvalue weighted by Crippen LogP contribution is -2.58. The first-order chi connectivity index (χ1) is 20.6. The first-order valence-electron chi connectivity index (χ1n) is 12.8. The highest BCUT2D eigenvalue weighted by molar-refractivity contribution is 7.64. The fourth-order valence-corrected chi connectivity index (χ4v) is 8.16. The van der Waals surface area contributed by atoms with Gasteiger partial charge in [-0.1, -0.05) is 0 Å². The topological polar surface area (TPSA) is 305 Å². The van der Waals surface area contributed by atoms with Crippen molar-refractivity contribution in [1.82, 2.24) is 9.55 Å². The molecule has 2 saturated heterocycles. The van der Waals surface area contributed by atoms with Crippen molar-refractivity contribution in [2.45, 2.75) is 61.5 Å². The van der Waals surface area contributed by atoms with Gasteiger partial charge in [0.2, 0.25) is 0 Å². The van der Waals surface area contributed by atoms with E-state index in [0.717, 1.165) is 22.1 Å². The molecule has 4 rings (SSSR count). The number of hydrogen-bond donors (Lipinski definition) is 9. The van der Waals surface area contributed by atoms with Gasteiger partial charge in [-0.2, -0.15) is 0 Å². The summed E-state index contributed by atoms with van der Waals surface area (Å²) in [4.78, 5) is 58.6. The number of aliphatic hydroxyl groups excluding tert-OH is 6. The molecule has 246 valence electrons. The van der Waals surface area contributed by atoms with Gasteiger partial charge in [0.15, 0.2) is 12.5 Å². The molecular formula is C22H30N2O17P2S. The summed E-state index contributed by atoms with van der Waals surface area (Å²) in [6.45, 7) is -1.73. The smallest absolute Gasteiger partial charge is 0.394 e. The SMILES string of the molecule is O=Cc1ccc(-c2cn([C@@H]3O[C@H](COP(=O)(O)OP(=O)(O)CC[C@H]4OC(CO)[C@H](O)C(O)C4O)C(O)C3O)c(=O)[nH]c2=O)s1. The van der Waals surface area contributed by atoms with Gasteiger partial charge in [-0.3, -0.25) is 28.2 Å². The Morgan fingerprint density at radius 3 is 2.25 bits per heavy atom. The summed E-state index contributed by atoms with van der Waals surface area (Å²) in [6.07, 6.45) is -14.5. The van der Waals surface area contributed by atoms with Crippen LogP contribution in [0, 0.1) is 0 Å². The highest BCUT2D eigenvalue weighted by Crippen LogP contribution is 2.60. The number of nitrogens with zero attached hydrogens (tertiary/aromatic N) is 1. The van der Waals surface area contributed by atoms with Crippen molar-refractivity contribution in [3.05, 3.63) is 44.0 Å². The maximum atomic E-state index is 12.5. The van der Waals surface area contributed by atoms with Crippen molar-refractivity contribution < 1.29 is 72.7 Å². The van der Waals surface area contributed by atoms with Crippen LogP contribution in [0.1, 0.15) is 22.3 Å². The van der Waals surface area contributed by atoms with E-state index in [9.17, 15) is 63.9 Å². The molecule has 4 heterocycles. The third kappa shape index (κ3) is 7.69. The number of aromatic nitrogens is 2. The number of phosphoric ester groups is 1. The number of aliphatic hydroxyl groups is 6. The minimum atomic E-state index is -5.36. The number of phosphoric acid groups is 1. The van der Waals surface area contributed by atoms with Crippen LogP contribution in [-0.4, -0.2) is 124 Å². The molecule has 2 aromatic heterocycles. The van der Waals surface area contributed by atoms with Crippen LogP contribution in [0.5, 0.6) is 0 Å². The van der Waals surface area contributed by atoms with Crippen LogP contribution in [0.25, 0.3) is 10.4 Å². The van der Waals surface area contributed by atoms with Gasteiger partial charge >= 0.3 is 21.1 Å². The minimum absolute atomic E-state index is 0.0663. The molecule has 22 heteroatoms. The van der Waals surface area contributed by atoms with Crippen LogP contribution in [0.15, 0.2) is 27.9 Å². The summed E-state index contributed by atoms with van der Waals surface area (Å²) in [5.41, 5.74) is -1.92. The average molecular weight is 688 g/mol. The number of rotatable bonds is 12. The zero-order valence-corrected chi connectivity index (χ0v) is 24.9. The van der Waals surface area contributed by atoms with Crippen molar-refractivity contribution in [2.75, 3.05) is 19.4 Å². The number of H-pyrrole nitrogens is 1. The number of hydrogen-bond acceptors (Lipinski definition) is 16. The van der Waals surface area contributed by atoms with Crippen LogP contribution in [0.4, 0.5) is 0 Å². The van der Waals surface area contributed by atoms with E-state index in [1.165, 1.54) is 12.1 Å². The fraction of sp³-hybridized carbons (Fsp3) is 0.591. The minimum Gasteiger partial charge on any atom is -0.394 e. The Morgan fingerprint density at radius 1 is 0.955 bits per heavy atom. The molecule has 11 atom stereocenters. The second-order valence-electron chi connectivity index (χ2n) is 9.94. The molecule has 9 N–H and O–H groups in total. The van der Waals surface area contributed by atoms with E-state index in [4.69, 9.17) is 9.47 Å². The highest BCUT2D eigenvalue weighted by Gasteiger charge is 2.47. The number of nitrogens with one attached hydrogen (secondary N) is 1. The van der Waals surface area contributed by atoms with Crippen LogP contribution in [0.2, 0.25) is 0 Å². The predicted molar refractivity (Wildman–Crippen MR) is 146 cm³/mol. The van der Waals surface area contributed by atoms with E-state index in [0.29, 0.717) is 16.0 Å². The summed E-state index contributed by atoms with van der Waals surface area (Å²) in [5, 5.41) is 59.9. The van der Waals surface area contributed by atoms with E-state index >= 15 is 0 Å². The second kappa shape index (κ2) is 13.8. The molecule has 0 aliphatic carbocycles. The molecule has 2 aliphatic rings. The maximum Gasteiger partial charge on any atom is 0.479 e. The number of ether oxygens (including phenoxy) is 2. The zero-order chi connectivity index (χ0) is 32.6. The molecule has 2 aliphatic heterocycles. The molecular weight excluding hydrogens is 658 g/mol. The van der Waals surface area contributed by atoms with Crippen molar-refractivity contribution in [1.29, 1.82) is 0 Å². The van der Waals surface area contributed by atoms with Crippen LogP contribution in [-0.2, 0) is 27.4 Å². The van der Waals surface area contributed by atoms with Crippen LogP contribution >= 0.6 is 26.8 Å². The van der Waals surface area contributed by atoms with Gasteiger partial charge in [0.05, 0.1) is 35.9 Å². The Hall–Kier alpha value is -1.97. The molecule has 0 radical (unpaired) electrons. The third-order valence-corrected chi connectivity index (χ3v) is 11.1. The van der Waals surface area contributed by atoms with E-state index in [-0.39, 0.29) is 5.56 Å². The van der Waals surface area contributed by atoms with Gasteiger partial charge in [0, 0.05) is 11.1 Å². The van der Waals surface area contributed by atoms with Crippen molar-refractivity contribution in [3.8, 4) is 10.4 Å². The molecule has 7 unspecified atom stereocenters. The standard InChI is InChI=1S/C22H30N2O17P2S/c25-6-9-1-2-14(44-9)10-5-24(22(33)23-20(10)32)21-19(31)17(29)13(40-21)8-38-43(36,37)41-42(34,35)4-3-11-15(27)18(30)16(28)12(7-26)39-11/h1-2,5-6,11-13,15-19,21,26-31H,3-4,7-8H2,(H,34,35)(H,36,37)(H,23,32,33)/t11-,12?,13-,15?,16+,17?,18?,19?,21-/m1/s1. The normalized spacial score (nSPS) is 33.5. The van der Waals surface area contributed by atoms with E-state index in [1.54, 1.807) is 0 Å². The van der Waals surface area contributed by atoms with Crippen molar-refractivity contribution in [2.24, 2.45) is 0 Å². The molecule has 0 amide bonds. The lowest BCUT2D eigenvalue weighted by atomic mass is 9.94. The van der Waals surface area contributed by atoms with Gasteiger partial charge in [-0.05, 0) is 18.6 Å². The highest BCUT2D eigenvalue weighted by atomic mass is 32.1. The summed E-state index contributed by atoms with van der Waals surface area (Å²) in [7, 11) is -10.3. The lowest BCUT2D eigenvalue weighted by Gasteiger charge is -2.40. The molecule has 2 aromatic rings. The van der Waals surface area contributed by atoms with E-state index in [1.807, 2.05) is 4.98 Å². The first-order valence-corrected chi connectivity index (χ1v) is 16.9. The largest absolute Gasteiger partial charge is 0.479 e. The lowest BCUT2D eigenvalue weighted by molar-refractivity contribution is -0.229. The van der Waals surface area contributed by atoms with Crippen LogP contribution < -0.4 is 11.2 Å². The molecule has 0 bridgehead atoms.